The summed E-state index contributed by atoms with van der Waals surface area (Å²) < 4.78 is 28.5. The van der Waals surface area contributed by atoms with Gasteiger partial charge in [0.15, 0.2) is 0 Å². The smallest absolute Gasteiger partial charge is 0.261 e. The number of sulfonamides is 1. The summed E-state index contributed by atoms with van der Waals surface area (Å²) in [5.41, 5.74) is 4.49. The van der Waals surface area contributed by atoms with E-state index < -0.39 is 10.0 Å². The summed E-state index contributed by atoms with van der Waals surface area (Å²) >= 11 is 0. The summed E-state index contributed by atoms with van der Waals surface area (Å²) in [6.07, 6.45) is 5.23. The lowest BCUT2D eigenvalue weighted by Gasteiger charge is -2.26. The van der Waals surface area contributed by atoms with Crippen LogP contribution in [0.5, 0.6) is 0 Å². The molecule has 2 aliphatic heterocycles. The lowest BCUT2D eigenvalue weighted by Crippen LogP contribution is -2.31. The van der Waals surface area contributed by atoms with Gasteiger partial charge in [-0.1, -0.05) is 25.5 Å². The van der Waals surface area contributed by atoms with Crippen LogP contribution in [0.15, 0.2) is 41.3 Å². The van der Waals surface area contributed by atoms with Crippen LogP contribution >= 0.6 is 0 Å². The maximum absolute atomic E-state index is 12.9. The minimum atomic E-state index is -3.69. The van der Waals surface area contributed by atoms with E-state index in [1.165, 1.54) is 5.56 Å². The normalized spacial score (nSPS) is 15.7. The predicted molar refractivity (Wildman–Crippen MR) is 107 cm³/mol. The van der Waals surface area contributed by atoms with E-state index in [9.17, 15) is 13.2 Å². The Morgan fingerprint density at radius 3 is 2.59 bits per heavy atom. The van der Waals surface area contributed by atoms with Crippen molar-refractivity contribution in [3.8, 4) is 0 Å². The average molecular weight is 385 g/mol. The van der Waals surface area contributed by atoms with E-state index in [1.54, 1.807) is 17.0 Å². The summed E-state index contributed by atoms with van der Waals surface area (Å²) in [7, 11) is -3.69. The van der Waals surface area contributed by atoms with Crippen LogP contribution in [0.3, 0.4) is 0 Å². The van der Waals surface area contributed by atoms with Gasteiger partial charge in [0, 0.05) is 12.2 Å². The number of carbonyl (C=O) groups is 1. The first-order chi connectivity index (χ1) is 13.0. The Labute approximate surface area is 160 Å². The number of hydrogen-bond acceptors (Lipinski definition) is 3. The van der Waals surface area contributed by atoms with Crippen LogP contribution in [-0.4, -0.2) is 20.9 Å². The highest BCUT2D eigenvalue weighted by molar-refractivity contribution is 7.92. The van der Waals surface area contributed by atoms with Crippen molar-refractivity contribution in [3.05, 3.63) is 53.1 Å². The van der Waals surface area contributed by atoms with E-state index in [2.05, 4.69) is 11.6 Å². The van der Waals surface area contributed by atoms with Crippen LogP contribution in [0.2, 0.25) is 0 Å². The highest BCUT2D eigenvalue weighted by Gasteiger charge is 2.33. The van der Waals surface area contributed by atoms with Crippen molar-refractivity contribution in [1.82, 2.24) is 0 Å². The topological polar surface area (TPSA) is 66.5 Å². The van der Waals surface area contributed by atoms with Crippen molar-refractivity contribution in [1.29, 1.82) is 0 Å². The minimum absolute atomic E-state index is 0.0659. The molecule has 1 amide bonds. The number of benzene rings is 2. The number of hydrogen-bond donors (Lipinski definition) is 1. The highest BCUT2D eigenvalue weighted by atomic mass is 32.2. The summed E-state index contributed by atoms with van der Waals surface area (Å²) in [5.74, 6) is 0.0659. The third-order valence-electron chi connectivity index (χ3n) is 5.32. The van der Waals surface area contributed by atoms with Crippen LogP contribution in [0.1, 0.15) is 42.9 Å². The SMILES string of the molecule is CCCCc1ccc(NS(=O)(=O)c2cc3c4c(c2)CC(=O)N4CCC3)cc1. The van der Waals surface area contributed by atoms with Gasteiger partial charge in [0.1, 0.15) is 0 Å². The number of aryl methyl sites for hydroxylation is 2. The molecule has 0 spiro atoms. The molecule has 0 saturated heterocycles. The second-order valence-electron chi connectivity index (χ2n) is 7.32. The number of rotatable bonds is 6. The number of amides is 1. The van der Waals surface area contributed by atoms with Gasteiger partial charge in [-0.3, -0.25) is 9.52 Å². The van der Waals surface area contributed by atoms with Crippen LogP contribution in [0.25, 0.3) is 0 Å². The zero-order chi connectivity index (χ0) is 19.0. The monoisotopic (exact) mass is 384 g/mol. The van der Waals surface area contributed by atoms with Crippen LogP contribution in [0, 0.1) is 0 Å². The molecule has 5 nitrogen and oxygen atoms in total. The Morgan fingerprint density at radius 1 is 1.11 bits per heavy atom. The Bertz CT molecular complexity index is 981. The fourth-order valence-electron chi connectivity index (χ4n) is 3.94. The first-order valence-electron chi connectivity index (χ1n) is 9.56. The molecular weight excluding hydrogens is 360 g/mol. The van der Waals surface area contributed by atoms with E-state index in [-0.39, 0.29) is 17.2 Å². The van der Waals surface area contributed by atoms with E-state index in [4.69, 9.17) is 0 Å². The van der Waals surface area contributed by atoms with Gasteiger partial charge in [-0.25, -0.2) is 8.42 Å². The van der Waals surface area contributed by atoms with Crippen molar-refractivity contribution in [3.63, 3.8) is 0 Å². The number of nitrogens with zero attached hydrogens (tertiary/aromatic N) is 1. The van der Waals surface area contributed by atoms with Crippen molar-refractivity contribution in [2.24, 2.45) is 0 Å². The molecule has 2 aromatic rings. The number of carbonyl (C=O) groups excluding carboxylic acids is 1. The molecular formula is C21H24N2O3S. The van der Waals surface area contributed by atoms with Gasteiger partial charge in [-0.2, -0.15) is 0 Å². The first kappa shape index (κ1) is 18.0. The maximum Gasteiger partial charge on any atom is 0.261 e. The quantitative estimate of drug-likeness (QED) is 0.826. The molecule has 0 aliphatic carbocycles. The molecule has 0 bridgehead atoms. The Hall–Kier alpha value is -2.34. The van der Waals surface area contributed by atoms with Gasteiger partial charge in [0.25, 0.3) is 10.0 Å². The second-order valence-corrected chi connectivity index (χ2v) is 9.00. The lowest BCUT2D eigenvalue weighted by molar-refractivity contribution is -0.117. The Kier molecular flexibility index (Phi) is 4.68. The number of unbranched alkanes of at least 4 members (excludes halogenated alkanes) is 1. The summed E-state index contributed by atoms with van der Waals surface area (Å²) in [4.78, 5) is 14.2. The number of nitrogens with one attached hydrogen (secondary N) is 1. The Balaban J connectivity index is 1.60. The molecule has 2 aliphatic rings. The largest absolute Gasteiger partial charge is 0.312 e. The lowest BCUT2D eigenvalue weighted by atomic mass is 10.0. The van der Waals surface area contributed by atoms with Crippen LogP contribution in [0.4, 0.5) is 11.4 Å². The first-order valence-corrected chi connectivity index (χ1v) is 11.0. The average Bonchev–Trinajstić information content (AvgIpc) is 2.98. The van der Waals surface area contributed by atoms with E-state index in [1.807, 2.05) is 24.3 Å². The van der Waals surface area contributed by atoms with E-state index in [0.29, 0.717) is 5.69 Å². The van der Waals surface area contributed by atoms with Crippen molar-refractivity contribution in [2.75, 3.05) is 16.2 Å². The van der Waals surface area contributed by atoms with Gasteiger partial charge in [-0.05, 0) is 66.6 Å². The number of anilines is 2. The molecule has 0 aromatic heterocycles. The standard InChI is InChI=1S/C21H24N2O3S/c1-2-3-5-15-7-9-18(10-8-15)22-27(25,26)19-12-16-6-4-11-23-20(24)14-17(13-19)21(16)23/h7-10,12-13,22H,2-6,11,14H2,1H3. The molecule has 0 atom stereocenters. The summed E-state index contributed by atoms with van der Waals surface area (Å²) in [6.45, 7) is 2.88. The van der Waals surface area contributed by atoms with Crippen LogP contribution in [-0.2, 0) is 34.1 Å². The summed E-state index contributed by atoms with van der Waals surface area (Å²) in [5, 5.41) is 0. The fraction of sp³-hybridized carbons (Fsp3) is 0.381. The Morgan fingerprint density at radius 2 is 1.85 bits per heavy atom. The minimum Gasteiger partial charge on any atom is -0.312 e. The molecule has 0 saturated carbocycles. The molecule has 0 unspecified atom stereocenters. The van der Waals surface area contributed by atoms with Crippen LogP contribution < -0.4 is 9.62 Å². The molecule has 142 valence electrons. The van der Waals surface area contributed by atoms with Gasteiger partial charge in [0.2, 0.25) is 5.91 Å². The molecule has 27 heavy (non-hydrogen) atoms. The van der Waals surface area contributed by atoms with Crippen molar-refractivity contribution < 1.29 is 13.2 Å². The molecule has 2 heterocycles. The zero-order valence-electron chi connectivity index (χ0n) is 15.5. The zero-order valence-corrected chi connectivity index (χ0v) is 16.3. The molecule has 0 radical (unpaired) electrons. The molecule has 2 aromatic carbocycles. The van der Waals surface area contributed by atoms with Crippen molar-refractivity contribution >= 4 is 27.3 Å². The summed E-state index contributed by atoms with van der Waals surface area (Å²) in [6, 6.07) is 10.9. The molecule has 0 fully saturated rings. The highest BCUT2D eigenvalue weighted by Crippen LogP contribution is 2.38. The van der Waals surface area contributed by atoms with Gasteiger partial charge < -0.3 is 4.90 Å². The second kappa shape index (κ2) is 7.00. The molecule has 1 N–H and O–H groups in total. The van der Waals surface area contributed by atoms with Gasteiger partial charge in [0.05, 0.1) is 17.0 Å². The third kappa shape index (κ3) is 3.46. The maximum atomic E-state index is 12.9. The van der Waals surface area contributed by atoms with Gasteiger partial charge >= 0.3 is 0 Å². The van der Waals surface area contributed by atoms with E-state index in [0.717, 1.165) is 55.5 Å². The van der Waals surface area contributed by atoms with E-state index >= 15 is 0 Å². The van der Waals surface area contributed by atoms with Crippen molar-refractivity contribution in [2.45, 2.75) is 50.3 Å². The van der Waals surface area contributed by atoms with Gasteiger partial charge in [-0.15, -0.1) is 0 Å². The fourth-order valence-corrected chi connectivity index (χ4v) is 5.10. The predicted octanol–water partition coefficient (Wildman–Crippen LogP) is 3.67. The third-order valence-corrected chi connectivity index (χ3v) is 6.68. The molecule has 6 heteroatoms. The molecule has 4 rings (SSSR count).